The highest BCUT2D eigenvalue weighted by Crippen LogP contribution is 2.49. The lowest BCUT2D eigenvalue weighted by Gasteiger charge is -2.49. The van der Waals surface area contributed by atoms with Gasteiger partial charge in [-0.05, 0) is 86.3 Å². The van der Waals surface area contributed by atoms with Gasteiger partial charge in [0.05, 0.1) is 29.8 Å². The molecule has 4 aromatic carbocycles. The molecule has 0 unspecified atom stereocenters. The summed E-state index contributed by atoms with van der Waals surface area (Å²) in [6.45, 7) is 8.27. The van der Waals surface area contributed by atoms with Gasteiger partial charge in [0.2, 0.25) is 11.8 Å². The van der Waals surface area contributed by atoms with Gasteiger partial charge in [0, 0.05) is 26.2 Å². The highest BCUT2D eigenvalue weighted by atomic mass is 16.5. The first kappa shape index (κ1) is 38.6. The van der Waals surface area contributed by atoms with Gasteiger partial charge in [-0.2, -0.15) is 0 Å². The third kappa shape index (κ3) is 9.83. The van der Waals surface area contributed by atoms with E-state index in [-0.39, 0.29) is 13.1 Å². The van der Waals surface area contributed by atoms with Crippen molar-refractivity contribution in [2.45, 2.75) is 59.7 Å². The van der Waals surface area contributed by atoms with Crippen LogP contribution in [0, 0.1) is 23.7 Å². The Morgan fingerprint density at radius 1 is 0.566 bits per heavy atom. The number of nitrogens with zero attached hydrogens (tertiary/aromatic N) is 2. The van der Waals surface area contributed by atoms with Crippen molar-refractivity contribution in [2.75, 3.05) is 13.1 Å². The standard InChI is InChI=1S/C43H48N2O8/c1-5-25-44(27-30-17-21-34(22-18-30)52-32-13-9-7-10-14-32)40(46)36-37(39(38(36)42(48)49)43(50)51-29(3)4)41(47)45(26-6-2)28-31-19-23-35(24-20-31)53-33-15-11-8-12-16-33/h7-24,29,36-39H,5-6,25-28H2,1-4H3,(H,48,49)/t36-,37-,38-,39-/m1/s1. The van der Waals surface area contributed by atoms with Crippen molar-refractivity contribution < 1.29 is 38.5 Å². The molecule has 10 heteroatoms. The summed E-state index contributed by atoms with van der Waals surface area (Å²) < 4.78 is 17.3. The van der Waals surface area contributed by atoms with Crippen LogP contribution in [0.25, 0.3) is 0 Å². The maximum atomic E-state index is 14.6. The van der Waals surface area contributed by atoms with Crippen LogP contribution in [0.2, 0.25) is 0 Å². The lowest BCUT2D eigenvalue weighted by atomic mass is 9.55. The van der Waals surface area contributed by atoms with Gasteiger partial charge in [-0.25, -0.2) is 0 Å². The minimum Gasteiger partial charge on any atom is -0.481 e. The van der Waals surface area contributed by atoms with Gasteiger partial charge in [-0.3, -0.25) is 19.2 Å². The van der Waals surface area contributed by atoms with E-state index < -0.39 is 53.5 Å². The molecule has 1 N–H and O–H groups in total. The van der Waals surface area contributed by atoms with Crippen molar-refractivity contribution in [1.82, 2.24) is 9.80 Å². The molecule has 278 valence electrons. The fraction of sp³-hybridized carbons (Fsp3) is 0.349. The molecule has 0 saturated heterocycles. The summed E-state index contributed by atoms with van der Waals surface area (Å²) in [4.78, 5) is 58.5. The molecule has 5 rings (SSSR count). The zero-order valence-electron chi connectivity index (χ0n) is 30.7. The first-order valence-electron chi connectivity index (χ1n) is 18.2. The lowest BCUT2D eigenvalue weighted by molar-refractivity contribution is -0.192. The van der Waals surface area contributed by atoms with E-state index in [1.165, 1.54) is 0 Å². The fourth-order valence-corrected chi connectivity index (χ4v) is 6.79. The molecule has 2 amide bonds. The Bertz CT molecular complexity index is 1810. The second kappa shape index (κ2) is 18.2. The summed E-state index contributed by atoms with van der Waals surface area (Å²) in [6.07, 6.45) is 0.687. The quantitative estimate of drug-likeness (QED) is 0.109. The van der Waals surface area contributed by atoms with E-state index in [4.69, 9.17) is 14.2 Å². The lowest BCUT2D eigenvalue weighted by Crippen LogP contribution is -2.64. The van der Waals surface area contributed by atoms with Gasteiger partial charge in [0.25, 0.3) is 0 Å². The van der Waals surface area contributed by atoms with Crippen LogP contribution in [0.1, 0.15) is 51.7 Å². The molecule has 53 heavy (non-hydrogen) atoms. The summed E-state index contributed by atoms with van der Waals surface area (Å²) in [5.41, 5.74) is 1.63. The molecule has 0 bridgehead atoms. The van der Waals surface area contributed by atoms with Crippen molar-refractivity contribution in [3.8, 4) is 23.0 Å². The maximum Gasteiger partial charge on any atom is 0.310 e. The molecule has 1 fully saturated rings. The van der Waals surface area contributed by atoms with Crippen molar-refractivity contribution in [3.63, 3.8) is 0 Å². The van der Waals surface area contributed by atoms with Crippen LogP contribution in [-0.2, 0) is 37.0 Å². The van der Waals surface area contributed by atoms with Gasteiger partial charge in [-0.15, -0.1) is 0 Å². The summed E-state index contributed by atoms with van der Waals surface area (Å²) in [7, 11) is 0. The number of carboxylic acids is 1. The van der Waals surface area contributed by atoms with E-state index >= 15 is 0 Å². The molecule has 0 aromatic heterocycles. The summed E-state index contributed by atoms with van der Waals surface area (Å²) in [5.74, 6) is -5.55. The number of benzene rings is 4. The fourth-order valence-electron chi connectivity index (χ4n) is 6.79. The average Bonchev–Trinajstić information content (AvgIpc) is 3.12. The Kier molecular flexibility index (Phi) is 13.3. The Morgan fingerprint density at radius 3 is 1.30 bits per heavy atom. The number of aliphatic carboxylic acids is 1. The molecule has 4 atom stereocenters. The van der Waals surface area contributed by atoms with Crippen LogP contribution in [0.15, 0.2) is 109 Å². The molecule has 10 nitrogen and oxygen atoms in total. The topological polar surface area (TPSA) is 123 Å². The van der Waals surface area contributed by atoms with Crippen LogP contribution in [0.5, 0.6) is 23.0 Å². The minimum absolute atomic E-state index is 0.194. The zero-order valence-corrected chi connectivity index (χ0v) is 30.7. The molecule has 1 saturated carbocycles. The molecule has 0 radical (unpaired) electrons. The second-order valence-electron chi connectivity index (χ2n) is 13.6. The summed E-state index contributed by atoms with van der Waals surface area (Å²) in [5, 5.41) is 10.4. The molecule has 0 aliphatic heterocycles. The first-order valence-corrected chi connectivity index (χ1v) is 18.2. The number of carbonyl (C=O) groups excluding carboxylic acids is 3. The van der Waals surface area contributed by atoms with Gasteiger partial charge < -0.3 is 29.1 Å². The highest BCUT2D eigenvalue weighted by Gasteiger charge is 2.65. The third-order valence-electron chi connectivity index (χ3n) is 9.19. The number of esters is 1. The van der Waals surface area contributed by atoms with E-state index in [0.717, 1.165) is 11.1 Å². The van der Waals surface area contributed by atoms with Crippen LogP contribution in [0.3, 0.4) is 0 Å². The molecule has 1 aliphatic rings. The molecule has 0 spiro atoms. The van der Waals surface area contributed by atoms with Gasteiger partial charge >= 0.3 is 11.9 Å². The largest absolute Gasteiger partial charge is 0.481 e. The number of ether oxygens (including phenoxy) is 3. The van der Waals surface area contributed by atoms with Crippen LogP contribution >= 0.6 is 0 Å². The van der Waals surface area contributed by atoms with Crippen molar-refractivity contribution in [2.24, 2.45) is 23.7 Å². The Hall–Kier alpha value is -5.64. The number of carboxylic acid groups (broad SMARTS) is 1. The van der Waals surface area contributed by atoms with Gasteiger partial charge in [0.15, 0.2) is 0 Å². The monoisotopic (exact) mass is 720 g/mol. The van der Waals surface area contributed by atoms with Crippen LogP contribution < -0.4 is 9.47 Å². The number of hydrogen-bond donors (Lipinski definition) is 1. The normalized spacial score (nSPS) is 17.7. The average molecular weight is 721 g/mol. The van der Waals surface area contributed by atoms with Gasteiger partial charge in [-0.1, -0.05) is 74.5 Å². The Balaban J connectivity index is 1.39. The van der Waals surface area contributed by atoms with Crippen molar-refractivity contribution >= 4 is 23.8 Å². The SMILES string of the molecule is CCCN(Cc1ccc(Oc2ccccc2)cc1)C(=O)[C@H]1[C@@H](C(=O)O)[C@H](C(=O)OC(C)C)[C@@H]1C(=O)N(CCC)Cc1ccc(Oc2ccccc2)cc1. The van der Waals surface area contributed by atoms with Crippen LogP contribution in [0.4, 0.5) is 0 Å². The van der Waals surface area contributed by atoms with Crippen molar-refractivity contribution in [3.05, 3.63) is 120 Å². The highest BCUT2D eigenvalue weighted by molar-refractivity contribution is 6.00. The van der Waals surface area contributed by atoms with Crippen LogP contribution in [-0.4, -0.2) is 57.9 Å². The number of hydrogen-bond acceptors (Lipinski definition) is 7. The van der Waals surface area contributed by atoms with E-state index in [9.17, 15) is 24.3 Å². The second-order valence-corrected chi connectivity index (χ2v) is 13.6. The summed E-state index contributed by atoms with van der Waals surface area (Å²) >= 11 is 0. The Morgan fingerprint density at radius 2 is 0.943 bits per heavy atom. The third-order valence-corrected chi connectivity index (χ3v) is 9.19. The number of carbonyl (C=O) groups is 4. The molecule has 4 aromatic rings. The maximum absolute atomic E-state index is 14.6. The van der Waals surface area contributed by atoms with E-state index in [1.807, 2.05) is 123 Å². The first-order chi connectivity index (χ1) is 25.6. The molecular weight excluding hydrogens is 672 g/mol. The van der Waals surface area contributed by atoms with Gasteiger partial charge in [0.1, 0.15) is 23.0 Å². The number of rotatable bonds is 17. The predicted octanol–water partition coefficient (Wildman–Crippen LogP) is 7.96. The molecule has 0 heterocycles. The molecule has 1 aliphatic carbocycles. The predicted molar refractivity (Wildman–Crippen MR) is 200 cm³/mol. The Labute approximate surface area is 311 Å². The number of para-hydroxylation sites is 2. The number of amides is 2. The van der Waals surface area contributed by atoms with E-state index in [2.05, 4.69) is 0 Å². The smallest absolute Gasteiger partial charge is 0.310 e. The molecular formula is C43H48N2O8. The van der Waals surface area contributed by atoms with Crippen molar-refractivity contribution in [1.29, 1.82) is 0 Å². The minimum atomic E-state index is -1.42. The zero-order chi connectivity index (χ0) is 37.9. The van der Waals surface area contributed by atoms with E-state index in [1.54, 1.807) is 23.6 Å². The van der Waals surface area contributed by atoms with E-state index in [0.29, 0.717) is 48.9 Å². The summed E-state index contributed by atoms with van der Waals surface area (Å²) in [6, 6.07) is 33.5.